The third-order valence-electron chi connectivity index (χ3n) is 4.34. The van der Waals surface area contributed by atoms with Crippen LogP contribution in [0.15, 0.2) is 34.2 Å². The van der Waals surface area contributed by atoms with Gasteiger partial charge in [-0.1, -0.05) is 24.2 Å². The summed E-state index contributed by atoms with van der Waals surface area (Å²) >= 11 is 1.25. The number of carbonyl (C=O) groups is 2. The van der Waals surface area contributed by atoms with Gasteiger partial charge in [0.15, 0.2) is 5.13 Å². The van der Waals surface area contributed by atoms with Crippen molar-refractivity contribution in [2.45, 2.75) is 33.4 Å². The highest BCUT2D eigenvalue weighted by atomic mass is 32.1. The summed E-state index contributed by atoms with van der Waals surface area (Å²) in [4.78, 5) is 30.6. The fourth-order valence-corrected chi connectivity index (χ4v) is 3.54. The van der Waals surface area contributed by atoms with Crippen LogP contribution in [0.2, 0.25) is 0 Å². The summed E-state index contributed by atoms with van der Waals surface area (Å²) in [7, 11) is 1.67. The van der Waals surface area contributed by atoms with Gasteiger partial charge >= 0.3 is 6.03 Å². The smallest absolute Gasteiger partial charge is 0.321 e. The van der Waals surface area contributed by atoms with Gasteiger partial charge in [0.25, 0.3) is 5.91 Å². The Hall–Kier alpha value is -3.27. The third-order valence-corrected chi connectivity index (χ3v) is 5.15. The van der Waals surface area contributed by atoms with E-state index in [0.717, 1.165) is 0 Å². The fraction of sp³-hybridized carbons (Fsp3) is 0.300. The molecule has 0 unspecified atom stereocenters. The van der Waals surface area contributed by atoms with E-state index >= 15 is 0 Å². The number of thiazole rings is 1. The first kappa shape index (κ1) is 21.4. The van der Waals surface area contributed by atoms with Crippen LogP contribution in [0, 0.1) is 12.7 Å². The van der Waals surface area contributed by atoms with Gasteiger partial charge in [0.2, 0.25) is 0 Å². The molecule has 2 aromatic heterocycles. The molecule has 0 bridgehead atoms. The Balaban J connectivity index is 1.54. The molecular formula is C20H22FN5O3S. The quantitative estimate of drug-likeness (QED) is 0.594. The van der Waals surface area contributed by atoms with E-state index in [1.165, 1.54) is 28.4 Å². The predicted molar refractivity (Wildman–Crippen MR) is 111 cm³/mol. The number of aromatic nitrogens is 2. The lowest BCUT2D eigenvalue weighted by atomic mass is 10.1. The number of aryl methyl sites for hydroxylation is 2. The molecule has 1 aromatic carbocycles. The highest BCUT2D eigenvalue weighted by Gasteiger charge is 2.23. The van der Waals surface area contributed by atoms with Gasteiger partial charge in [0, 0.05) is 19.0 Å². The van der Waals surface area contributed by atoms with E-state index in [2.05, 4.69) is 20.8 Å². The molecule has 0 atom stereocenters. The normalized spacial score (nSPS) is 10.7. The number of hydrogen-bond acceptors (Lipinski definition) is 6. The van der Waals surface area contributed by atoms with E-state index < -0.39 is 6.03 Å². The van der Waals surface area contributed by atoms with Crippen LogP contribution < -0.4 is 10.6 Å². The molecule has 0 radical (unpaired) electrons. The average Bonchev–Trinajstić information content (AvgIpc) is 3.31. The summed E-state index contributed by atoms with van der Waals surface area (Å²) < 4.78 is 18.3. The van der Waals surface area contributed by atoms with E-state index in [-0.39, 0.29) is 24.8 Å². The molecule has 3 aromatic rings. The molecule has 0 fully saturated rings. The highest BCUT2D eigenvalue weighted by Crippen LogP contribution is 2.20. The van der Waals surface area contributed by atoms with E-state index in [9.17, 15) is 14.0 Å². The molecule has 3 rings (SSSR count). The lowest BCUT2D eigenvalue weighted by molar-refractivity contribution is 0.0781. The van der Waals surface area contributed by atoms with Crippen LogP contribution in [-0.2, 0) is 19.5 Å². The second-order valence-electron chi connectivity index (χ2n) is 6.66. The molecule has 8 nitrogen and oxygen atoms in total. The Labute approximate surface area is 177 Å². The lowest BCUT2D eigenvalue weighted by Crippen LogP contribution is -2.28. The number of benzene rings is 1. The summed E-state index contributed by atoms with van der Waals surface area (Å²) in [5, 5.41) is 11.4. The SMILES string of the molecule is CCc1noc(C)c1C(=O)N(C)Cc1csc(NC(=O)NCc2cccc(F)c2)n1. The van der Waals surface area contributed by atoms with Crippen molar-refractivity contribution in [1.29, 1.82) is 0 Å². The van der Waals surface area contributed by atoms with Crippen LogP contribution in [0.25, 0.3) is 0 Å². The minimum Gasteiger partial charge on any atom is -0.361 e. The second-order valence-corrected chi connectivity index (χ2v) is 7.51. The van der Waals surface area contributed by atoms with Crippen LogP contribution in [0.4, 0.5) is 14.3 Å². The zero-order chi connectivity index (χ0) is 21.7. The average molecular weight is 431 g/mol. The van der Waals surface area contributed by atoms with Gasteiger partial charge in [0.05, 0.1) is 17.9 Å². The van der Waals surface area contributed by atoms with E-state index in [4.69, 9.17) is 4.52 Å². The van der Waals surface area contributed by atoms with Gasteiger partial charge < -0.3 is 14.7 Å². The number of anilines is 1. The maximum atomic E-state index is 13.2. The molecule has 2 N–H and O–H groups in total. The van der Waals surface area contributed by atoms with E-state index in [0.29, 0.717) is 39.8 Å². The number of halogens is 1. The van der Waals surface area contributed by atoms with Crippen LogP contribution in [0.1, 0.15) is 40.0 Å². The van der Waals surface area contributed by atoms with E-state index in [1.54, 1.807) is 31.5 Å². The number of carbonyl (C=O) groups excluding carboxylic acids is 2. The van der Waals surface area contributed by atoms with Crippen molar-refractivity contribution in [2.75, 3.05) is 12.4 Å². The van der Waals surface area contributed by atoms with Crippen molar-refractivity contribution in [3.8, 4) is 0 Å². The van der Waals surface area contributed by atoms with Crippen molar-refractivity contribution in [3.05, 3.63) is 63.7 Å². The molecular weight excluding hydrogens is 409 g/mol. The molecule has 0 spiro atoms. The van der Waals surface area contributed by atoms with Crippen molar-refractivity contribution in [1.82, 2.24) is 20.4 Å². The first-order valence-electron chi connectivity index (χ1n) is 9.31. The van der Waals surface area contributed by atoms with Crippen molar-refractivity contribution in [3.63, 3.8) is 0 Å². The van der Waals surface area contributed by atoms with Crippen molar-refractivity contribution in [2.24, 2.45) is 0 Å². The maximum absolute atomic E-state index is 13.2. The zero-order valence-electron chi connectivity index (χ0n) is 16.9. The molecule has 0 aliphatic rings. The Morgan fingerprint density at radius 2 is 2.13 bits per heavy atom. The number of urea groups is 1. The Kier molecular flexibility index (Phi) is 6.78. The topological polar surface area (TPSA) is 100 Å². The monoisotopic (exact) mass is 431 g/mol. The summed E-state index contributed by atoms with van der Waals surface area (Å²) in [6.07, 6.45) is 0.599. The summed E-state index contributed by atoms with van der Waals surface area (Å²) in [6.45, 7) is 4.08. The van der Waals surface area contributed by atoms with Gasteiger partial charge in [0.1, 0.15) is 17.1 Å². The third kappa shape index (κ3) is 5.20. The molecule has 0 saturated heterocycles. The number of hydrogen-bond donors (Lipinski definition) is 2. The van der Waals surface area contributed by atoms with Gasteiger partial charge in [-0.3, -0.25) is 10.1 Å². The number of nitrogens with zero attached hydrogens (tertiary/aromatic N) is 3. The predicted octanol–water partition coefficient (Wildman–Crippen LogP) is 3.73. The van der Waals surface area contributed by atoms with Gasteiger partial charge in [-0.05, 0) is 31.0 Å². The summed E-state index contributed by atoms with van der Waals surface area (Å²) in [5.74, 6) is -0.0642. The highest BCUT2D eigenvalue weighted by molar-refractivity contribution is 7.13. The maximum Gasteiger partial charge on any atom is 0.321 e. The lowest BCUT2D eigenvalue weighted by Gasteiger charge is -2.15. The molecule has 0 aliphatic heterocycles. The number of rotatable bonds is 7. The molecule has 2 heterocycles. The van der Waals surface area contributed by atoms with Gasteiger partial charge in [-0.25, -0.2) is 14.2 Å². The number of nitrogens with one attached hydrogen (secondary N) is 2. The zero-order valence-corrected chi connectivity index (χ0v) is 17.7. The molecule has 0 saturated carbocycles. The first-order chi connectivity index (χ1) is 14.4. The van der Waals surface area contributed by atoms with E-state index in [1.807, 2.05) is 6.92 Å². The fourth-order valence-electron chi connectivity index (χ4n) is 2.85. The molecule has 0 aliphatic carbocycles. The van der Waals surface area contributed by atoms with Gasteiger partial charge in [-0.15, -0.1) is 11.3 Å². The Bertz CT molecular complexity index is 1050. The van der Waals surface area contributed by atoms with Crippen LogP contribution in [0.5, 0.6) is 0 Å². The summed E-state index contributed by atoms with van der Waals surface area (Å²) in [6, 6.07) is 5.56. The van der Waals surface area contributed by atoms with Crippen molar-refractivity contribution >= 4 is 28.4 Å². The molecule has 10 heteroatoms. The Morgan fingerprint density at radius 3 is 2.87 bits per heavy atom. The van der Waals surface area contributed by atoms with Gasteiger partial charge in [-0.2, -0.15) is 0 Å². The largest absolute Gasteiger partial charge is 0.361 e. The first-order valence-corrected chi connectivity index (χ1v) is 10.2. The molecule has 3 amide bonds. The van der Waals surface area contributed by atoms with Crippen molar-refractivity contribution < 1.29 is 18.5 Å². The molecule has 30 heavy (non-hydrogen) atoms. The minimum atomic E-state index is -0.447. The van der Waals surface area contributed by atoms with Crippen LogP contribution in [0.3, 0.4) is 0 Å². The second kappa shape index (κ2) is 9.49. The molecule has 158 valence electrons. The minimum absolute atomic E-state index is 0.191. The van der Waals surface area contributed by atoms with Crippen LogP contribution >= 0.6 is 11.3 Å². The van der Waals surface area contributed by atoms with Crippen LogP contribution in [-0.4, -0.2) is 34.0 Å². The number of amides is 3. The standard InChI is InChI=1S/C20H22FN5O3S/c1-4-16-17(12(2)29-25-16)18(27)26(3)10-15-11-30-20(23-15)24-19(28)22-9-13-6-5-7-14(21)8-13/h5-8,11H,4,9-10H2,1-3H3,(H2,22,23,24,28). The Morgan fingerprint density at radius 1 is 1.33 bits per heavy atom. The summed E-state index contributed by atoms with van der Waals surface area (Å²) in [5.41, 5.74) is 2.40.